The number of benzene rings is 1. The van der Waals surface area contributed by atoms with Crippen molar-refractivity contribution in [2.45, 2.75) is 25.3 Å². The Morgan fingerprint density at radius 2 is 2.06 bits per heavy atom. The summed E-state index contributed by atoms with van der Waals surface area (Å²) in [6.07, 6.45) is 2.11. The summed E-state index contributed by atoms with van der Waals surface area (Å²) in [6.45, 7) is 1.82. The summed E-state index contributed by atoms with van der Waals surface area (Å²) in [5.74, 6) is 0.374. The molecule has 0 heterocycles. The lowest BCUT2D eigenvalue weighted by Crippen LogP contribution is -2.52. The van der Waals surface area contributed by atoms with Crippen molar-refractivity contribution in [1.82, 2.24) is 5.32 Å². The van der Waals surface area contributed by atoms with E-state index in [1.807, 2.05) is 6.92 Å². The smallest absolute Gasteiger partial charge is 0.319 e. The van der Waals surface area contributed by atoms with E-state index in [0.717, 1.165) is 12.8 Å². The second-order valence-corrected chi connectivity index (χ2v) is 5.37. The summed E-state index contributed by atoms with van der Waals surface area (Å²) < 4.78 is 0. The summed E-state index contributed by atoms with van der Waals surface area (Å²) in [7, 11) is 0. The molecule has 0 spiro atoms. The predicted molar refractivity (Wildman–Crippen MR) is 71.8 cm³/mol. The molecule has 2 amide bonds. The van der Waals surface area contributed by atoms with Crippen LogP contribution < -0.4 is 10.6 Å². The van der Waals surface area contributed by atoms with Crippen LogP contribution in [0, 0.1) is 5.92 Å². The molecule has 98 valence electrons. The molecule has 1 fully saturated rings. The van der Waals surface area contributed by atoms with Crippen LogP contribution in [0.1, 0.15) is 19.8 Å². The topological polar surface area (TPSA) is 61.4 Å². The fraction of sp³-hybridized carbons (Fsp3) is 0.462. The Bertz CT molecular complexity index is 431. The van der Waals surface area contributed by atoms with Crippen LogP contribution in [0.2, 0.25) is 5.02 Å². The fourth-order valence-electron chi connectivity index (χ4n) is 1.95. The molecule has 3 N–H and O–H groups in total. The number of carbonyl (C=O) groups is 1. The van der Waals surface area contributed by atoms with Gasteiger partial charge in [-0.2, -0.15) is 0 Å². The van der Waals surface area contributed by atoms with Gasteiger partial charge in [-0.3, -0.25) is 0 Å². The molecule has 1 aromatic rings. The molecule has 1 aliphatic carbocycles. The van der Waals surface area contributed by atoms with E-state index in [2.05, 4.69) is 10.6 Å². The van der Waals surface area contributed by atoms with Gasteiger partial charge in [0.1, 0.15) is 0 Å². The molecule has 1 aliphatic rings. The highest BCUT2D eigenvalue weighted by Gasteiger charge is 2.42. The number of urea groups is 1. The summed E-state index contributed by atoms with van der Waals surface area (Å²) in [5, 5.41) is 15.6. The van der Waals surface area contributed by atoms with Gasteiger partial charge in [-0.15, -0.1) is 0 Å². The zero-order valence-corrected chi connectivity index (χ0v) is 11.0. The van der Waals surface area contributed by atoms with Crippen LogP contribution >= 0.6 is 11.6 Å². The van der Waals surface area contributed by atoms with E-state index in [-0.39, 0.29) is 12.6 Å². The molecule has 0 saturated heterocycles. The summed E-state index contributed by atoms with van der Waals surface area (Å²) in [5.41, 5.74) is 0.143. The molecule has 2 rings (SSSR count). The van der Waals surface area contributed by atoms with Crippen molar-refractivity contribution in [3.63, 3.8) is 0 Å². The Kier molecular flexibility index (Phi) is 3.78. The number of anilines is 1. The fourth-order valence-corrected chi connectivity index (χ4v) is 2.07. The van der Waals surface area contributed by atoms with Crippen molar-refractivity contribution in [3.05, 3.63) is 29.3 Å². The molecule has 1 atom stereocenters. The van der Waals surface area contributed by atoms with Gasteiger partial charge in [0.05, 0.1) is 12.1 Å². The van der Waals surface area contributed by atoms with Crippen molar-refractivity contribution < 1.29 is 9.90 Å². The lowest BCUT2D eigenvalue weighted by molar-refractivity contribution is 0.159. The number of hydrogen-bond acceptors (Lipinski definition) is 2. The minimum atomic E-state index is -0.531. The largest absolute Gasteiger partial charge is 0.394 e. The standard InChI is InChI=1S/C13H17ClN2O2/c1-13(8-17,9-2-3-9)16-12(18)15-11-6-4-10(14)5-7-11/h4-7,9,17H,2-3,8H2,1H3,(H2,15,16,18). The molecule has 0 bridgehead atoms. The number of aliphatic hydroxyl groups is 1. The quantitative estimate of drug-likeness (QED) is 0.786. The average Bonchev–Trinajstić information content (AvgIpc) is 3.16. The van der Waals surface area contributed by atoms with Crippen LogP contribution in [-0.2, 0) is 0 Å². The van der Waals surface area contributed by atoms with Gasteiger partial charge in [-0.25, -0.2) is 4.79 Å². The summed E-state index contributed by atoms with van der Waals surface area (Å²) in [4.78, 5) is 11.8. The number of hydrogen-bond donors (Lipinski definition) is 3. The van der Waals surface area contributed by atoms with E-state index < -0.39 is 5.54 Å². The van der Waals surface area contributed by atoms with Gasteiger partial charge >= 0.3 is 6.03 Å². The maximum absolute atomic E-state index is 11.8. The lowest BCUT2D eigenvalue weighted by Gasteiger charge is -2.28. The van der Waals surface area contributed by atoms with Gasteiger partial charge in [-0.1, -0.05) is 11.6 Å². The van der Waals surface area contributed by atoms with E-state index in [0.29, 0.717) is 16.6 Å². The third-order valence-corrected chi connectivity index (χ3v) is 3.56. The van der Waals surface area contributed by atoms with Gasteiger partial charge in [0.2, 0.25) is 0 Å². The van der Waals surface area contributed by atoms with Gasteiger partial charge in [0.15, 0.2) is 0 Å². The van der Waals surface area contributed by atoms with Crippen LogP contribution in [0.3, 0.4) is 0 Å². The highest BCUT2D eigenvalue weighted by atomic mass is 35.5. The zero-order chi connectivity index (χ0) is 13.2. The zero-order valence-electron chi connectivity index (χ0n) is 10.2. The first-order valence-corrected chi connectivity index (χ1v) is 6.37. The molecule has 0 radical (unpaired) electrons. The minimum Gasteiger partial charge on any atom is -0.394 e. The van der Waals surface area contributed by atoms with Crippen LogP contribution in [0.4, 0.5) is 10.5 Å². The van der Waals surface area contributed by atoms with Crippen LogP contribution in [0.15, 0.2) is 24.3 Å². The summed E-state index contributed by atoms with van der Waals surface area (Å²) in [6, 6.07) is 6.58. The maximum atomic E-state index is 11.8. The van der Waals surface area contributed by atoms with Gasteiger partial charge in [0, 0.05) is 10.7 Å². The highest BCUT2D eigenvalue weighted by Crippen LogP contribution is 2.39. The first-order valence-electron chi connectivity index (χ1n) is 5.99. The van der Waals surface area contributed by atoms with Crippen molar-refractivity contribution in [2.75, 3.05) is 11.9 Å². The average molecular weight is 269 g/mol. The number of aliphatic hydroxyl groups excluding tert-OH is 1. The first kappa shape index (κ1) is 13.2. The van der Waals surface area contributed by atoms with Gasteiger partial charge in [-0.05, 0) is 49.9 Å². The lowest BCUT2D eigenvalue weighted by atomic mass is 9.97. The second-order valence-electron chi connectivity index (χ2n) is 4.94. The first-order chi connectivity index (χ1) is 8.53. The number of amides is 2. The molecule has 0 aromatic heterocycles. The van der Waals surface area contributed by atoms with Crippen LogP contribution in [0.25, 0.3) is 0 Å². The third kappa shape index (κ3) is 3.15. The van der Waals surface area contributed by atoms with E-state index >= 15 is 0 Å². The molecule has 0 aliphatic heterocycles. The van der Waals surface area contributed by atoms with Gasteiger partial charge < -0.3 is 15.7 Å². The van der Waals surface area contributed by atoms with Gasteiger partial charge in [0.25, 0.3) is 0 Å². The Hall–Kier alpha value is -1.26. The van der Waals surface area contributed by atoms with Crippen LogP contribution in [0.5, 0.6) is 0 Å². The molecule has 1 saturated carbocycles. The molecule has 1 aromatic carbocycles. The minimum absolute atomic E-state index is 0.0499. The summed E-state index contributed by atoms with van der Waals surface area (Å²) >= 11 is 5.77. The molecule has 5 heteroatoms. The van der Waals surface area contributed by atoms with Crippen molar-refractivity contribution in [2.24, 2.45) is 5.92 Å². The number of rotatable bonds is 4. The molecule has 18 heavy (non-hydrogen) atoms. The van der Waals surface area contributed by atoms with Crippen LogP contribution in [-0.4, -0.2) is 23.3 Å². The Morgan fingerprint density at radius 3 is 2.56 bits per heavy atom. The molecule has 4 nitrogen and oxygen atoms in total. The van der Waals surface area contributed by atoms with E-state index in [1.165, 1.54) is 0 Å². The predicted octanol–water partition coefficient (Wildman–Crippen LogP) is 2.62. The van der Waals surface area contributed by atoms with E-state index in [4.69, 9.17) is 11.6 Å². The van der Waals surface area contributed by atoms with E-state index in [9.17, 15) is 9.90 Å². The monoisotopic (exact) mass is 268 g/mol. The Labute approximate surface area is 111 Å². The molecular weight excluding hydrogens is 252 g/mol. The Balaban J connectivity index is 1.93. The maximum Gasteiger partial charge on any atom is 0.319 e. The van der Waals surface area contributed by atoms with Crippen molar-refractivity contribution in [1.29, 1.82) is 0 Å². The van der Waals surface area contributed by atoms with E-state index in [1.54, 1.807) is 24.3 Å². The second kappa shape index (κ2) is 5.16. The molecular formula is C13H17ClN2O2. The SMILES string of the molecule is CC(CO)(NC(=O)Nc1ccc(Cl)cc1)C1CC1. The number of halogens is 1. The normalized spacial score (nSPS) is 17.9. The third-order valence-electron chi connectivity index (χ3n) is 3.31. The highest BCUT2D eigenvalue weighted by molar-refractivity contribution is 6.30. The van der Waals surface area contributed by atoms with Crippen molar-refractivity contribution in [3.8, 4) is 0 Å². The Morgan fingerprint density at radius 1 is 1.44 bits per heavy atom. The number of nitrogens with one attached hydrogen (secondary N) is 2. The van der Waals surface area contributed by atoms with Crippen molar-refractivity contribution >= 4 is 23.3 Å². The number of carbonyl (C=O) groups excluding carboxylic acids is 1. The molecule has 1 unspecified atom stereocenters.